The minimum absolute atomic E-state index is 0.0580. The summed E-state index contributed by atoms with van der Waals surface area (Å²) < 4.78 is 13.7. The Morgan fingerprint density at radius 2 is 2.13 bits per heavy atom. The highest BCUT2D eigenvalue weighted by molar-refractivity contribution is 9.10. The quantitative estimate of drug-likeness (QED) is 0.514. The molecular weight excluding hydrogens is 466 g/mol. The minimum Gasteiger partial charge on any atom is -0.504 e. The Balaban J connectivity index is 1.74. The molecule has 1 unspecified atom stereocenters. The van der Waals surface area contributed by atoms with Crippen LogP contribution in [0.3, 0.4) is 0 Å². The third kappa shape index (κ3) is 4.66. The Kier molecular flexibility index (Phi) is 6.66. The van der Waals surface area contributed by atoms with Gasteiger partial charge in [0.15, 0.2) is 11.5 Å². The maximum atomic E-state index is 10.4. The van der Waals surface area contributed by atoms with Crippen molar-refractivity contribution in [2.24, 2.45) is 10.1 Å². The molecule has 1 atom stereocenters. The van der Waals surface area contributed by atoms with Gasteiger partial charge in [-0.05, 0) is 37.1 Å². The molecule has 156 valence electrons. The van der Waals surface area contributed by atoms with Crippen molar-refractivity contribution in [2.75, 3.05) is 20.3 Å². The van der Waals surface area contributed by atoms with Crippen LogP contribution in [0.25, 0.3) is 11.3 Å². The summed E-state index contributed by atoms with van der Waals surface area (Å²) in [6.45, 7) is 1.42. The molecule has 1 aromatic heterocycles. The summed E-state index contributed by atoms with van der Waals surface area (Å²) in [5, 5.41) is 17.1. The highest BCUT2D eigenvalue weighted by Gasteiger charge is 2.15. The Morgan fingerprint density at radius 1 is 1.30 bits per heavy atom. The first-order chi connectivity index (χ1) is 14.7. The average Bonchev–Trinajstić information content (AvgIpc) is 3.42. The zero-order valence-corrected chi connectivity index (χ0v) is 18.9. The van der Waals surface area contributed by atoms with Gasteiger partial charge in [0.2, 0.25) is 4.80 Å². The van der Waals surface area contributed by atoms with E-state index < -0.39 is 0 Å². The van der Waals surface area contributed by atoms with Gasteiger partial charge >= 0.3 is 0 Å². The summed E-state index contributed by atoms with van der Waals surface area (Å²) in [5.74, 6) is 0.466. The fourth-order valence-corrected chi connectivity index (χ4v) is 4.35. The molecule has 1 fully saturated rings. The van der Waals surface area contributed by atoms with Crippen molar-refractivity contribution in [3.8, 4) is 22.8 Å². The van der Waals surface area contributed by atoms with Gasteiger partial charge in [0.25, 0.3) is 0 Å². The first-order valence-electron chi connectivity index (χ1n) is 9.64. The highest BCUT2D eigenvalue weighted by atomic mass is 79.9. The molecule has 0 amide bonds. The normalized spacial score (nSPS) is 17.1. The van der Waals surface area contributed by atoms with Gasteiger partial charge < -0.3 is 14.6 Å². The van der Waals surface area contributed by atoms with Crippen molar-refractivity contribution >= 4 is 33.5 Å². The maximum Gasteiger partial charge on any atom is 0.206 e. The first-order valence-corrected chi connectivity index (χ1v) is 11.3. The number of methoxy groups -OCH3 is 1. The number of rotatable bonds is 6. The number of aromatic hydroxyl groups is 1. The zero-order chi connectivity index (χ0) is 20.9. The van der Waals surface area contributed by atoms with E-state index in [9.17, 15) is 5.11 Å². The molecular formula is C22H22BrN3O3S. The smallest absolute Gasteiger partial charge is 0.206 e. The number of para-hydroxylation sites is 1. The summed E-state index contributed by atoms with van der Waals surface area (Å²) in [4.78, 5) is 5.55. The number of ether oxygens (including phenoxy) is 2. The van der Waals surface area contributed by atoms with Crippen LogP contribution in [0.1, 0.15) is 18.4 Å². The van der Waals surface area contributed by atoms with Crippen LogP contribution in [0, 0.1) is 0 Å². The van der Waals surface area contributed by atoms with Crippen molar-refractivity contribution in [3.63, 3.8) is 0 Å². The molecule has 2 aromatic carbocycles. The summed E-state index contributed by atoms with van der Waals surface area (Å²) in [6.07, 6.45) is 3.92. The molecule has 6 nitrogen and oxygen atoms in total. The monoisotopic (exact) mass is 487 g/mol. The molecule has 3 aromatic rings. The van der Waals surface area contributed by atoms with Crippen LogP contribution in [0.4, 0.5) is 0 Å². The van der Waals surface area contributed by atoms with Crippen LogP contribution in [-0.2, 0) is 4.74 Å². The van der Waals surface area contributed by atoms with E-state index in [0.717, 1.165) is 40.0 Å². The van der Waals surface area contributed by atoms with Crippen molar-refractivity contribution in [3.05, 3.63) is 62.7 Å². The number of phenolic OH excluding ortho intramolecular Hbond substituents is 1. The maximum absolute atomic E-state index is 10.4. The van der Waals surface area contributed by atoms with Gasteiger partial charge in [-0.3, -0.25) is 4.99 Å². The lowest BCUT2D eigenvalue weighted by Gasteiger charge is -2.07. The lowest BCUT2D eigenvalue weighted by atomic mass is 10.2. The van der Waals surface area contributed by atoms with Gasteiger partial charge in [0.05, 0.1) is 31.7 Å². The lowest BCUT2D eigenvalue weighted by Crippen LogP contribution is -2.17. The van der Waals surface area contributed by atoms with E-state index in [1.54, 1.807) is 18.3 Å². The van der Waals surface area contributed by atoms with E-state index in [1.165, 1.54) is 18.4 Å². The number of thiazole rings is 1. The van der Waals surface area contributed by atoms with E-state index in [1.807, 2.05) is 40.4 Å². The van der Waals surface area contributed by atoms with Crippen LogP contribution in [0.5, 0.6) is 11.5 Å². The summed E-state index contributed by atoms with van der Waals surface area (Å²) in [7, 11) is 1.53. The second kappa shape index (κ2) is 9.59. The Labute approximate surface area is 187 Å². The molecule has 1 aliphatic heterocycles. The number of benzene rings is 2. The molecule has 30 heavy (non-hydrogen) atoms. The molecule has 0 bridgehead atoms. The van der Waals surface area contributed by atoms with Gasteiger partial charge in [0.1, 0.15) is 0 Å². The van der Waals surface area contributed by atoms with E-state index >= 15 is 0 Å². The van der Waals surface area contributed by atoms with Gasteiger partial charge in [0, 0.05) is 27.6 Å². The number of hydrogen-bond donors (Lipinski definition) is 1. The molecule has 8 heteroatoms. The predicted molar refractivity (Wildman–Crippen MR) is 122 cm³/mol. The van der Waals surface area contributed by atoms with Gasteiger partial charge in [-0.1, -0.05) is 34.1 Å². The summed E-state index contributed by atoms with van der Waals surface area (Å²) in [5.41, 5.74) is 2.53. The number of halogens is 1. The molecule has 1 aliphatic rings. The van der Waals surface area contributed by atoms with Gasteiger partial charge in [-0.15, -0.1) is 11.3 Å². The number of aromatic nitrogens is 1. The Bertz CT molecular complexity index is 1100. The predicted octanol–water partition coefficient (Wildman–Crippen LogP) is 4.66. The Hall–Kier alpha value is -2.42. The van der Waals surface area contributed by atoms with E-state index in [2.05, 4.69) is 21.0 Å². The standard InChI is InChI=1S/C22H22BrN3O3S/c1-28-20-6-2-4-16(21(20)27)12-25-26-19(15-7-9-17(23)10-8-15)14-30-22(26)24-13-18-5-3-11-29-18/h2,4,6-10,12,14,18,27H,3,5,11,13H2,1H3. The molecule has 1 N–H and O–H groups in total. The van der Waals surface area contributed by atoms with Crippen LogP contribution in [0.15, 0.2) is 62.4 Å². The minimum atomic E-state index is 0.0580. The second-order valence-corrected chi connectivity index (χ2v) is 8.59. The second-order valence-electron chi connectivity index (χ2n) is 6.84. The van der Waals surface area contributed by atoms with E-state index in [-0.39, 0.29) is 11.9 Å². The first kappa shape index (κ1) is 20.8. The molecule has 0 aliphatic carbocycles. The summed E-state index contributed by atoms with van der Waals surface area (Å²) >= 11 is 5.01. The Morgan fingerprint density at radius 3 is 2.87 bits per heavy atom. The topological polar surface area (TPSA) is 68.3 Å². The lowest BCUT2D eigenvalue weighted by molar-refractivity contribution is 0.117. The number of phenols is 1. The molecule has 0 spiro atoms. The van der Waals surface area contributed by atoms with Crippen LogP contribution >= 0.6 is 27.3 Å². The van der Waals surface area contributed by atoms with Crippen LogP contribution < -0.4 is 9.54 Å². The van der Waals surface area contributed by atoms with Gasteiger partial charge in [-0.25, -0.2) is 4.68 Å². The van der Waals surface area contributed by atoms with E-state index in [0.29, 0.717) is 17.9 Å². The van der Waals surface area contributed by atoms with Crippen LogP contribution in [0.2, 0.25) is 0 Å². The number of hydrogen-bond acceptors (Lipinski definition) is 6. The van der Waals surface area contributed by atoms with Gasteiger partial charge in [-0.2, -0.15) is 5.10 Å². The molecule has 0 saturated carbocycles. The largest absolute Gasteiger partial charge is 0.504 e. The average molecular weight is 488 g/mol. The van der Waals surface area contributed by atoms with Crippen LogP contribution in [-0.4, -0.2) is 42.4 Å². The van der Waals surface area contributed by atoms with E-state index in [4.69, 9.17) is 14.5 Å². The third-order valence-corrected chi connectivity index (χ3v) is 6.22. The van der Waals surface area contributed by atoms with Crippen molar-refractivity contribution < 1.29 is 14.6 Å². The molecule has 1 saturated heterocycles. The van der Waals surface area contributed by atoms with Crippen molar-refractivity contribution in [2.45, 2.75) is 18.9 Å². The molecule has 2 heterocycles. The zero-order valence-electron chi connectivity index (χ0n) is 16.5. The van der Waals surface area contributed by atoms with Crippen molar-refractivity contribution in [1.29, 1.82) is 0 Å². The fourth-order valence-electron chi connectivity index (χ4n) is 3.23. The summed E-state index contributed by atoms with van der Waals surface area (Å²) in [6, 6.07) is 13.4. The van der Waals surface area contributed by atoms with Crippen molar-refractivity contribution in [1.82, 2.24) is 4.68 Å². The molecule has 4 rings (SSSR count). The molecule has 0 radical (unpaired) electrons. The fraction of sp³-hybridized carbons (Fsp3) is 0.273. The number of nitrogens with zero attached hydrogens (tertiary/aromatic N) is 3. The highest BCUT2D eigenvalue weighted by Crippen LogP contribution is 2.28. The third-order valence-electron chi connectivity index (χ3n) is 4.84. The SMILES string of the molecule is COc1cccc(C=Nn2c(-c3ccc(Br)cc3)csc2=NCC2CCCO2)c1O.